The molecule has 0 aliphatic carbocycles. The highest BCUT2D eigenvalue weighted by Crippen LogP contribution is 2.34. The van der Waals surface area contributed by atoms with Crippen molar-refractivity contribution < 1.29 is 13.6 Å². The van der Waals surface area contributed by atoms with Gasteiger partial charge < -0.3 is 4.90 Å². The Kier molecular flexibility index (Phi) is 4.70. The van der Waals surface area contributed by atoms with Gasteiger partial charge in [0.25, 0.3) is 18.1 Å². The van der Waals surface area contributed by atoms with Crippen LogP contribution >= 0.6 is 0 Å². The Bertz CT molecular complexity index is 1000. The van der Waals surface area contributed by atoms with Crippen molar-refractivity contribution in [2.45, 2.75) is 32.6 Å². The third-order valence-electron chi connectivity index (χ3n) is 5.18. The number of carbonyl (C=O) groups excluding carboxylic acids is 1. The number of hydrogen-bond donors (Lipinski definition) is 0. The number of nitrogens with zero attached hydrogens (tertiary/aromatic N) is 7. The van der Waals surface area contributed by atoms with Gasteiger partial charge in [-0.15, -0.1) is 0 Å². The van der Waals surface area contributed by atoms with Crippen LogP contribution in [-0.2, 0) is 0 Å². The first kappa shape index (κ1) is 18.3. The molecule has 4 heterocycles. The van der Waals surface area contributed by atoms with Crippen molar-refractivity contribution in [3.8, 4) is 0 Å². The maximum Gasteiger partial charge on any atom is 0.280 e. The van der Waals surface area contributed by atoms with Crippen molar-refractivity contribution in [1.29, 1.82) is 0 Å². The van der Waals surface area contributed by atoms with Gasteiger partial charge in [0.2, 0.25) is 0 Å². The maximum atomic E-state index is 13.3. The van der Waals surface area contributed by atoms with E-state index in [4.69, 9.17) is 0 Å². The zero-order valence-corrected chi connectivity index (χ0v) is 15.5. The van der Waals surface area contributed by atoms with Crippen LogP contribution in [0.15, 0.2) is 24.8 Å². The minimum absolute atomic E-state index is 0.135. The molecule has 1 unspecified atom stereocenters. The van der Waals surface area contributed by atoms with Crippen LogP contribution in [0.1, 0.15) is 53.3 Å². The van der Waals surface area contributed by atoms with E-state index < -0.39 is 6.43 Å². The molecule has 0 radical (unpaired) electrons. The minimum atomic E-state index is -2.71. The zero-order chi connectivity index (χ0) is 19.8. The van der Waals surface area contributed by atoms with Gasteiger partial charge in [-0.2, -0.15) is 10.1 Å². The molecule has 1 aliphatic rings. The van der Waals surface area contributed by atoms with E-state index in [1.165, 1.54) is 29.3 Å². The molecule has 0 saturated carbocycles. The quantitative estimate of drug-likeness (QED) is 0.686. The van der Waals surface area contributed by atoms with E-state index in [2.05, 4.69) is 25.0 Å². The van der Waals surface area contributed by atoms with Crippen LogP contribution in [0.25, 0.3) is 5.78 Å². The Morgan fingerprint density at radius 3 is 2.71 bits per heavy atom. The molecule has 1 fully saturated rings. The Labute approximate surface area is 159 Å². The van der Waals surface area contributed by atoms with E-state index in [1.807, 2.05) is 6.92 Å². The number of carbonyl (C=O) groups is 1. The van der Waals surface area contributed by atoms with Gasteiger partial charge in [-0.05, 0) is 25.3 Å². The molecular formula is C18H19F2N7O. The summed E-state index contributed by atoms with van der Waals surface area (Å²) in [6.07, 6.45) is 2.35. The Morgan fingerprint density at radius 2 is 2.00 bits per heavy atom. The summed E-state index contributed by atoms with van der Waals surface area (Å²) in [5.41, 5.74) is 0.661. The number of hydrogen-bond acceptors (Lipinski definition) is 6. The summed E-state index contributed by atoms with van der Waals surface area (Å²) >= 11 is 0. The first-order valence-electron chi connectivity index (χ1n) is 9.00. The lowest BCUT2D eigenvalue weighted by atomic mass is 9.84. The summed E-state index contributed by atoms with van der Waals surface area (Å²) in [5.74, 6) is 0.559. The van der Waals surface area contributed by atoms with Gasteiger partial charge >= 0.3 is 0 Å². The normalized spacial score (nSPS) is 20.1. The van der Waals surface area contributed by atoms with E-state index in [0.29, 0.717) is 30.2 Å². The summed E-state index contributed by atoms with van der Waals surface area (Å²) in [6.45, 7) is 4.76. The lowest BCUT2D eigenvalue weighted by molar-refractivity contribution is 0.0664. The lowest BCUT2D eigenvalue weighted by Crippen LogP contribution is -2.42. The topological polar surface area (TPSA) is 89.2 Å². The van der Waals surface area contributed by atoms with Crippen LogP contribution < -0.4 is 0 Å². The van der Waals surface area contributed by atoms with Crippen molar-refractivity contribution >= 4 is 11.7 Å². The molecule has 10 heteroatoms. The number of alkyl halides is 2. The standard InChI is InChI=1S/C18H19F2N7O/c1-10-3-4-26(17(28)12-6-21-11(2)22-7-12)8-13(10)15-5-14(16(19)20)25-18-23-9-24-27(15)18/h5-7,9-10,13,16H,3-4,8H2,1-2H3/t10-,13?/m1/s1. The van der Waals surface area contributed by atoms with Gasteiger partial charge in [0.05, 0.1) is 11.3 Å². The number of halogens is 2. The Hall–Kier alpha value is -3.04. The van der Waals surface area contributed by atoms with Crippen molar-refractivity contribution in [2.75, 3.05) is 13.1 Å². The fraction of sp³-hybridized carbons (Fsp3) is 0.444. The van der Waals surface area contributed by atoms with Crippen LogP contribution in [0, 0.1) is 12.8 Å². The molecule has 3 aromatic heterocycles. The predicted octanol–water partition coefficient (Wildman–Crippen LogP) is 2.43. The third kappa shape index (κ3) is 3.30. The molecule has 2 atom stereocenters. The van der Waals surface area contributed by atoms with Crippen molar-refractivity contribution in [1.82, 2.24) is 34.4 Å². The third-order valence-corrected chi connectivity index (χ3v) is 5.18. The van der Waals surface area contributed by atoms with E-state index in [9.17, 15) is 13.6 Å². The highest BCUT2D eigenvalue weighted by Gasteiger charge is 2.33. The molecule has 0 spiro atoms. The number of fused-ring (bicyclic) bond motifs is 1. The number of rotatable bonds is 3. The molecule has 0 aromatic carbocycles. The number of likely N-dealkylation sites (tertiary alicyclic amines) is 1. The highest BCUT2D eigenvalue weighted by molar-refractivity contribution is 5.93. The number of aryl methyl sites for hydroxylation is 1. The second-order valence-corrected chi connectivity index (χ2v) is 7.02. The van der Waals surface area contributed by atoms with E-state index in [1.54, 1.807) is 11.8 Å². The molecule has 3 aromatic rings. The average Bonchev–Trinajstić information content (AvgIpc) is 3.16. The largest absolute Gasteiger partial charge is 0.338 e. The molecule has 1 amide bonds. The smallest absolute Gasteiger partial charge is 0.280 e. The summed E-state index contributed by atoms with van der Waals surface area (Å²) in [7, 11) is 0. The molecular weight excluding hydrogens is 368 g/mol. The summed E-state index contributed by atoms with van der Waals surface area (Å²) in [5, 5.41) is 4.14. The second kappa shape index (κ2) is 7.17. The van der Waals surface area contributed by atoms with Crippen LogP contribution in [0.4, 0.5) is 8.78 Å². The van der Waals surface area contributed by atoms with Crippen LogP contribution in [0.5, 0.6) is 0 Å². The van der Waals surface area contributed by atoms with Gasteiger partial charge in [0, 0.05) is 31.4 Å². The summed E-state index contributed by atoms with van der Waals surface area (Å²) in [4.78, 5) is 30.6. The Balaban J connectivity index is 1.67. The highest BCUT2D eigenvalue weighted by atomic mass is 19.3. The average molecular weight is 387 g/mol. The monoisotopic (exact) mass is 387 g/mol. The molecule has 1 aliphatic heterocycles. The fourth-order valence-electron chi connectivity index (χ4n) is 3.55. The molecule has 4 rings (SSSR count). The minimum Gasteiger partial charge on any atom is -0.338 e. The SMILES string of the molecule is Cc1ncc(C(=O)N2CC[C@@H](C)C(c3cc(C(F)F)nc4ncnn34)C2)cn1. The number of aromatic nitrogens is 6. The predicted molar refractivity (Wildman–Crippen MR) is 94.9 cm³/mol. The summed E-state index contributed by atoms with van der Waals surface area (Å²) in [6, 6.07) is 1.37. The van der Waals surface area contributed by atoms with E-state index in [-0.39, 0.29) is 29.2 Å². The molecule has 8 nitrogen and oxygen atoms in total. The van der Waals surface area contributed by atoms with Crippen molar-refractivity contribution in [2.24, 2.45) is 5.92 Å². The molecule has 0 N–H and O–H groups in total. The van der Waals surface area contributed by atoms with Crippen molar-refractivity contribution in [3.63, 3.8) is 0 Å². The van der Waals surface area contributed by atoms with E-state index >= 15 is 0 Å². The van der Waals surface area contributed by atoms with Crippen LogP contribution in [0.2, 0.25) is 0 Å². The number of piperidine rings is 1. The fourth-order valence-corrected chi connectivity index (χ4v) is 3.55. The Morgan fingerprint density at radius 1 is 1.25 bits per heavy atom. The second-order valence-electron chi connectivity index (χ2n) is 7.02. The van der Waals surface area contributed by atoms with Gasteiger partial charge in [0.1, 0.15) is 17.8 Å². The molecule has 28 heavy (non-hydrogen) atoms. The zero-order valence-electron chi connectivity index (χ0n) is 15.5. The first-order chi connectivity index (χ1) is 13.4. The molecule has 1 saturated heterocycles. The molecule has 0 bridgehead atoms. The maximum absolute atomic E-state index is 13.3. The van der Waals surface area contributed by atoms with Gasteiger partial charge in [0.15, 0.2) is 0 Å². The van der Waals surface area contributed by atoms with Crippen LogP contribution in [0.3, 0.4) is 0 Å². The summed E-state index contributed by atoms with van der Waals surface area (Å²) < 4.78 is 28.1. The van der Waals surface area contributed by atoms with Gasteiger partial charge in [-0.1, -0.05) is 6.92 Å². The van der Waals surface area contributed by atoms with Crippen LogP contribution in [-0.4, -0.2) is 53.4 Å². The van der Waals surface area contributed by atoms with E-state index in [0.717, 1.165) is 6.42 Å². The lowest BCUT2D eigenvalue weighted by Gasteiger charge is -2.37. The molecule has 146 valence electrons. The van der Waals surface area contributed by atoms with Gasteiger partial charge in [-0.3, -0.25) is 4.79 Å². The first-order valence-corrected chi connectivity index (χ1v) is 9.00. The van der Waals surface area contributed by atoms with Crippen molar-refractivity contribution in [3.05, 3.63) is 47.6 Å². The number of amides is 1. The van der Waals surface area contributed by atoms with Gasteiger partial charge in [-0.25, -0.2) is 28.2 Å².